The summed E-state index contributed by atoms with van der Waals surface area (Å²) in [5, 5.41) is 6.51. The van der Waals surface area contributed by atoms with Crippen LogP contribution in [0.3, 0.4) is 0 Å². The first kappa shape index (κ1) is 21.1. The number of imidazole rings is 1. The molecule has 1 aromatic carbocycles. The molecule has 0 radical (unpaired) electrons. The molecule has 3 N–H and O–H groups in total. The van der Waals surface area contributed by atoms with E-state index in [9.17, 15) is 4.79 Å². The summed E-state index contributed by atoms with van der Waals surface area (Å²) in [6.07, 6.45) is 11.5. The van der Waals surface area contributed by atoms with E-state index in [-0.39, 0.29) is 5.91 Å². The molecule has 1 aliphatic rings. The van der Waals surface area contributed by atoms with Crippen LogP contribution in [0.1, 0.15) is 44.1 Å². The molecule has 0 bridgehead atoms. The summed E-state index contributed by atoms with van der Waals surface area (Å²) < 4.78 is 0. The maximum Gasteiger partial charge on any atom is 0.224 e. The van der Waals surface area contributed by atoms with Crippen LogP contribution in [0.15, 0.2) is 49.2 Å². The summed E-state index contributed by atoms with van der Waals surface area (Å²) in [6, 6.07) is 9.73. The highest BCUT2D eigenvalue weighted by molar-refractivity contribution is 5.93. The van der Waals surface area contributed by atoms with Gasteiger partial charge in [0, 0.05) is 29.6 Å². The van der Waals surface area contributed by atoms with Crippen LogP contribution in [0, 0.1) is 12.8 Å². The number of H-pyrrole nitrogens is 1. The van der Waals surface area contributed by atoms with Crippen LogP contribution in [0.5, 0.6) is 0 Å². The molecule has 1 saturated carbocycles. The smallest absolute Gasteiger partial charge is 0.224 e. The number of benzene rings is 1. The van der Waals surface area contributed by atoms with E-state index in [1.165, 1.54) is 25.6 Å². The Hall–Kier alpha value is -3.81. The zero-order valence-electron chi connectivity index (χ0n) is 18.6. The molecular formula is C25H27N7O. The van der Waals surface area contributed by atoms with E-state index in [1.807, 2.05) is 37.3 Å². The maximum atomic E-state index is 12.6. The Morgan fingerprint density at radius 2 is 1.97 bits per heavy atom. The van der Waals surface area contributed by atoms with Crippen molar-refractivity contribution in [2.75, 3.05) is 10.6 Å². The highest BCUT2D eigenvalue weighted by Crippen LogP contribution is 2.32. The number of aryl methyl sites for hydroxylation is 1. The molecule has 0 atom stereocenters. The van der Waals surface area contributed by atoms with Gasteiger partial charge in [-0.2, -0.15) is 0 Å². The third-order valence-electron chi connectivity index (χ3n) is 6.26. The number of rotatable bonds is 6. The molecule has 5 rings (SSSR count). The van der Waals surface area contributed by atoms with Crippen molar-refractivity contribution in [1.82, 2.24) is 24.9 Å². The second-order valence-electron chi connectivity index (χ2n) is 8.63. The molecule has 0 aliphatic heterocycles. The highest BCUT2D eigenvalue weighted by Gasteiger charge is 2.18. The van der Waals surface area contributed by atoms with Crippen molar-refractivity contribution in [2.45, 2.75) is 45.4 Å². The molecule has 0 unspecified atom stereocenters. The van der Waals surface area contributed by atoms with Crippen LogP contribution >= 0.6 is 0 Å². The number of amides is 1. The predicted molar refractivity (Wildman–Crippen MR) is 129 cm³/mol. The number of carbonyl (C=O) groups excluding carboxylic acids is 1. The number of aromatic nitrogens is 5. The number of hydrogen-bond acceptors (Lipinski definition) is 6. The van der Waals surface area contributed by atoms with E-state index in [1.54, 1.807) is 12.5 Å². The number of nitrogens with one attached hydrogen (secondary N) is 3. The first-order chi connectivity index (χ1) is 16.2. The van der Waals surface area contributed by atoms with Gasteiger partial charge in [-0.15, -0.1) is 0 Å². The lowest BCUT2D eigenvalue weighted by molar-refractivity contribution is -0.117. The molecule has 33 heavy (non-hydrogen) atoms. The van der Waals surface area contributed by atoms with Crippen LogP contribution < -0.4 is 10.6 Å². The Morgan fingerprint density at radius 3 is 2.85 bits per heavy atom. The minimum Gasteiger partial charge on any atom is -0.341 e. The van der Waals surface area contributed by atoms with Crippen molar-refractivity contribution in [1.29, 1.82) is 0 Å². The SMILES string of the molecule is Cc1ccc(NC(=O)CC2CCCCC2)cc1Nc1ncccc1-c1ncnc2nc[nH]c12. The molecule has 4 aromatic rings. The minimum atomic E-state index is 0.0813. The van der Waals surface area contributed by atoms with E-state index in [2.05, 4.69) is 35.6 Å². The van der Waals surface area contributed by atoms with Gasteiger partial charge in [0.15, 0.2) is 5.65 Å². The molecular weight excluding hydrogens is 414 g/mol. The van der Waals surface area contributed by atoms with Crippen LogP contribution in [0.4, 0.5) is 17.2 Å². The van der Waals surface area contributed by atoms with E-state index in [0.717, 1.165) is 46.6 Å². The summed E-state index contributed by atoms with van der Waals surface area (Å²) in [5.41, 5.74) is 5.62. The maximum absolute atomic E-state index is 12.6. The van der Waals surface area contributed by atoms with Crippen LogP contribution in [0.25, 0.3) is 22.4 Å². The van der Waals surface area contributed by atoms with E-state index >= 15 is 0 Å². The minimum absolute atomic E-state index is 0.0813. The van der Waals surface area contributed by atoms with Crippen LogP contribution in [-0.2, 0) is 4.79 Å². The number of nitrogens with zero attached hydrogens (tertiary/aromatic N) is 4. The summed E-state index contributed by atoms with van der Waals surface area (Å²) in [6.45, 7) is 2.02. The van der Waals surface area contributed by atoms with Crippen molar-refractivity contribution >= 4 is 34.3 Å². The molecule has 3 heterocycles. The fourth-order valence-corrected chi connectivity index (χ4v) is 4.49. The van der Waals surface area contributed by atoms with Crippen LogP contribution in [-0.4, -0.2) is 30.8 Å². The first-order valence-corrected chi connectivity index (χ1v) is 11.4. The average Bonchev–Trinajstić information content (AvgIpc) is 3.31. The molecule has 0 spiro atoms. The largest absolute Gasteiger partial charge is 0.341 e. The third-order valence-corrected chi connectivity index (χ3v) is 6.26. The van der Waals surface area contributed by atoms with Gasteiger partial charge in [0.25, 0.3) is 0 Å². The van der Waals surface area contributed by atoms with E-state index in [0.29, 0.717) is 23.8 Å². The Bertz CT molecular complexity index is 1280. The Balaban J connectivity index is 1.38. The number of fused-ring (bicyclic) bond motifs is 1. The van der Waals surface area contributed by atoms with Gasteiger partial charge >= 0.3 is 0 Å². The van der Waals surface area contributed by atoms with Gasteiger partial charge in [0.05, 0.1) is 6.33 Å². The van der Waals surface area contributed by atoms with Gasteiger partial charge in [0.1, 0.15) is 23.4 Å². The number of anilines is 3. The zero-order chi connectivity index (χ0) is 22.6. The summed E-state index contributed by atoms with van der Waals surface area (Å²) >= 11 is 0. The predicted octanol–water partition coefficient (Wildman–Crippen LogP) is 5.38. The molecule has 1 aliphatic carbocycles. The van der Waals surface area contributed by atoms with Gasteiger partial charge in [-0.25, -0.2) is 19.9 Å². The molecule has 8 heteroatoms. The van der Waals surface area contributed by atoms with Gasteiger partial charge in [-0.1, -0.05) is 25.3 Å². The van der Waals surface area contributed by atoms with Gasteiger partial charge in [-0.05, 0) is 55.5 Å². The van der Waals surface area contributed by atoms with Crippen molar-refractivity contribution in [2.24, 2.45) is 5.92 Å². The average molecular weight is 442 g/mol. The van der Waals surface area contributed by atoms with Gasteiger partial charge in [-0.3, -0.25) is 4.79 Å². The van der Waals surface area contributed by atoms with Crippen LogP contribution in [0.2, 0.25) is 0 Å². The molecule has 1 amide bonds. The Kier molecular flexibility index (Phi) is 5.97. The first-order valence-electron chi connectivity index (χ1n) is 11.4. The van der Waals surface area contributed by atoms with Crippen molar-refractivity contribution in [3.8, 4) is 11.3 Å². The third kappa shape index (κ3) is 4.69. The number of aromatic amines is 1. The van der Waals surface area contributed by atoms with Crippen molar-refractivity contribution < 1.29 is 4.79 Å². The fraction of sp³-hybridized carbons (Fsp3) is 0.320. The van der Waals surface area contributed by atoms with Gasteiger partial charge < -0.3 is 15.6 Å². The summed E-state index contributed by atoms with van der Waals surface area (Å²) in [5.74, 6) is 1.25. The second kappa shape index (κ2) is 9.36. The van der Waals surface area contributed by atoms with E-state index in [4.69, 9.17) is 0 Å². The summed E-state index contributed by atoms with van der Waals surface area (Å²) in [7, 11) is 0. The lowest BCUT2D eigenvalue weighted by Crippen LogP contribution is -2.18. The number of hydrogen-bond donors (Lipinski definition) is 3. The molecule has 0 saturated heterocycles. The summed E-state index contributed by atoms with van der Waals surface area (Å²) in [4.78, 5) is 33.2. The number of pyridine rings is 1. The van der Waals surface area contributed by atoms with Crippen molar-refractivity contribution in [3.63, 3.8) is 0 Å². The Labute approximate surface area is 192 Å². The lowest BCUT2D eigenvalue weighted by Gasteiger charge is -2.21. The molecule has 8 nitrogen and oxygen atoms in total. The van der Waals surface area contributed by atoms with Gasteiger partial charge in [0.2, 0.25) is 5.91 Å². The van der Waals surface area contributed by atoms with Crippen molar-refractivity contribution in [3.05, 3.63) is 54.7 Å². The molecule has 3 aromatic heterocycles. The Morgan fingerprint density at radius 1 is 1.09 bits per heavy atom. The monoisotopic (exact) mass is 441 g/mol. The second-order valence-corrected chi connectivity index (χ2v) is 8.63. The topological polar surface area (TPSA) is 108 Å². The quantitative estimate of drug-likeness (QED) is 0.371. The normalized spacial score (nSPS) is 14.3. The number of carbonyl (C=O) groups is 1. The standard InChI is InChI=1S/C25H27N7O/c1-16-9-10-18(31-21(33)12-17-6-3-2-4-7-17)13-20(16)32-24-19(8-5-11-26-24)22-23-25(29-14-27-22)30-15-28-23/h5,8-11,13-15,17H,2-4,6-7,12H2,1H3,(H,26,32)(H,31,33)(H,27,28,29,30). The van der Waals surface area contributed by atoms with E-state index < -0.39 is 0 Å². The molecule has 1 fully saturated rings. The lowest BCUT2D eigenvalue weighted by atomic mass is 9.87. The highest BCUT2D eigenvalue weighted by atomic mass is 16.1. The zero-order valence-corrected chi connectivity index (χ0v) is 18.6. The molecule has 168 valence electrons. The fourth-order valence-electron chi connectivity index (χ4n) is 4.49.